The lowest BCUT2D eigenvalue weighted by atomic mass is 9.93. The average Bonchev–Trinajstić information content (AvgIpc) is 3.63. The minimum Gasteiger partial charge on any atom is -0.399 e. The van der Waals surface area contributed by atoms with E-state index in [1.54, 1.807) is 0 Å². The van der Waals surface area contributed by atoms with Crippen molar-refractivity contribution in [2.75, 3.05) is 48.8 Å². The fraction of sp³-hybridized carbons (Fsp3) is 0.467. The van der Waals surface area contributed by atoms with E-state index in [2.05, 4.69) is 46.0 Å². The Kier molecular flexibility index (Phi) is 8.22. The van der Waals surface area contributed by atoms with E-state index in [4.69, 9.17) is 20.2 Å². The van der Waals surface area contributed by atoms with Crippen LogP contribution >= 0.6 is 22.7 Å². The van der Waals surface area contributed by atoms with Gasteiger partial charge in [0.2, 0.25) is 0 Å². The lowest BCUT2D eigenvalue weighted by Crippen LogP contribution is -2.50. The molecule has 0 aliphatic carbocycles. The van der Waals surface area contributed by atoms with Crippen molar-refractivity contribution < 1.29 is 14.3 Å². The van der Waals surface area contributed by atoms with Crippen molar-refractivity contribution in [3.05, 3.63) is 62.7 Å². The zero-order chi connectivity index (χ0) is 27.5. The van der Waals surface area contributed by atoms with Crippen molar-refractivity contribution in [3.8, 4) is 0 Å². The minimum atomic E-state index is -0.466. The molecule has 2 fully saturated rings. The standard InChI is InChI=1S/C30H37N5O3S2/c1-20-21(16-24-4-2-15-39-24)5-6-22(18-32-20)29-34-26(19-40-29)28(36)33-25-17-23(31)7-8-27(25)35-11-9-30(10-12-35)37-13-3-14-38-30/h2,4,6-8,15,17,19-21,32H,3,5,9-14,16,18,31H2,1H3,(H,33,36). The van der Waals surface area contributed by atoms with Crippen LogP contribution in [-0.2, 0) is 15.9 Å². The number of piperidine rings is 1. The Morgan fingerprint density at radius 3 is 2.83 bits per heavy atom. The molecule has 2 atom stereocenters. The van der Waals surface area contributed by atoms with E-state index >= 15 is 0 Å². The number of nitrogen functional groups attached to an aromatic ring is 1. The van der Waals surface area contributed by atoms with E-state index in [0.717, 1.165) is 81.2 Å². The number of thiazole rings is 1. The Labute approximate surface area is 243 Å². The first-order chi connectivity index (χ1) is 19.5. The third-order valence-corrected chi connectivity index (χ3v) is 10.0. The molecule has 5 heterocycles. The van der Waals surface area contributed by atoms with E-state index < -0.39 is 5.79 Å². The quantitative estimate of drug-likeness (QED) is 0.336. The van der Waals surface area contributed by atoms with Gasteiger partial charge in [-0.25, -0.2) is 4.98 Å². The summed E-state index contributed by atoms with van der Waals surface area (Å²) in [6.45, 7) is 6.07. The number of anilines is 3. The molecule has 2 saturated heterocycles. The summed E-state index contributed by atoms with van der Waals surface area (Å²) in [6.07, 6.45) is 6.88. The van der Waals surface area contributed by atoms with Gasteiger partial charge in [-0.2, -0.15) is 0 Å². The van der Waals surface area contributed by atoms with Gasteiger partial charge in [-0.05, 0) is 67.3 Å². The Bertz CT molecular complexity index is 1340. The Balaban J connectivity index is 1.12. The monoisotopic (exact) mass is 579 g/mol. The number of carbonyl (C=O) groups is 1. The van der Waals surface area contributed by atoms with Crippen LogP contribution in [0, 0.1) is 5.92 Å². The van der Waals surface area contributed by atoms with Gasteiger partial charge in [-0.3, -0.25) is 4.79 Å². The fourth-order valence-electron chi connectivity index (χ4n) is 5.75. The number of nitrogens with one attached hydrogen (secondary N) is 2. The van der Waals surface area contributed by atoms with Crippen LogP contribution in [-0.4, -0.2) is 55.6 Å². The molecule has 3 aliphatic heterocycles. The Morgan fingerprint density at radius 1 is 1.23 bits per heavy atom. The van der Waals surface area contributed by atoms with Gasteiger partial charge in [0.05, 0.1) is 24.6 Å². The van der Waals surface area contributed by atoms with Gasteiger partial charge < -0.3 is 30.7 Å². The summed E-state index contributed by atoms with van der Waals surface area (Å²) < 4.78 is 12.0. The molecule has 0 saturated carbocycles. The molecule has 10 heteroatoms. The van der Waals surface area contributed by atoms with Gasteiger partial charge >= 0.3 is 0 Å². The summed E-state index contributed by atoms with van der Waals surface area (Å²) in [7, 11) is 0. The molecule has 2 aromatic heterocycles. The second-order valence-electron chi connectivity index (χ2n) is 10.9. The molecule has 1 aromatic carbocycles. The van der Waals surface area contributed by atoms with Gasteiger partial charge in [0.25, 0.3) is 5.91 Å². The first-order valence-corrected chi connectivity index (χ1v) is 15.9. The Hall–Kier alpha value is -2.76. The molecular weight excluding hydrogens is 542 g/mol. The molecule has 0 radical (unpaired) electrons. The van der Waals surface area contributed by atoms with Crippen LogP contribution in [0.5, 0.6) is 0 Å². The molecule has 1 amide bonds. The third kappa shape index (κ3) is 6.11. The van der Waals surface area contributed by atoms with E-state index in [1.165, 1.54) is 16.2 Å². The number of aromatic nitrogens is 1. The second kappa shape index (κ2) is 12.0. The van der Waals surface area contributed by atoms with E-state index in [9.17, 15) is 4.79 Å². The van der Waals surface area contributed by atoms with Crippen molar-refractivity contribution in [1.29, 1.82) is 0 Å². The highest BCUT2D eigenvalue weighted by atomic mass is 32.1. The van der Waals surface area contributed by atoms with Gasteiger partial charge in [0.1, 0.15) is 10.7 Å². The van der Waals surface area contributed by atoms with E-state index in [-0.39, 0.29) is 5.91 Å². The number of ether oxygens (including phenoxy) is 2. The third-order valence-electron chi connectivity index (χ3n) is 8.20. The van der Waals surface area contributed by atoms with Gasteiger partial charge in [0.15, 0.2) is 5.79 Å². The first-order valence-electron chi connectivity index (χ1n) is 14.1. The molecule has 212 valence electrons. The van der Waals surface area contributed by atoms with Crippen LogP contribution < -0.4 is 21.3 Å². The van der Waals surface area contributed by atoms with E-state index in [0.29, 0.717) is 29.0 Å². The Morgan fingerprint density at radius 2 is 2.05 bits per heavy atom. The minimum absolute atomic E-state index is 0.229. The number of benzene rings is 1. The molecule has 3 aliphatic rings. The SMILES string of the molecule is CC1NCC(c2nc(C(=O)Nc3cc(N)ccc3N3CCC4(CC3)OCCCO4)cs2)=CCC1Cc1cccs1. The average molecular weight is 580 g/mol. The fourth-order valence-corrected chi connectivity index (χ4v) is 7.39. The predicted octanol–water partition coefficient (Wildman–Crippen LogP) is 5.40. The summed E-state index contributed by atoms with van der Waals surface area (Å²) in [5, 5.41) is 11.6. The molecule has 1 spiro atoms. The molecule has 40 heavy (non-hydrogen) atoms. The van der Waals surface area contributed by atoms with Crippen LogP contribution in [0.1, 0.15) is 53.0 Å². The summed E-state index contributed by atoms with van der Waals surface area (Å²) >= 11 is 3.34. The highest BCUT2D eigenvalue weighted by Crippen LogP contribution is 2.36. The zero-order valence-electron chi connectivity index (χ0n) is 22.9. The number of nitrogens with two attached hydrogens (primary N) is 1. The van der Waals surface area contributed by atoms with Crippen molar-refractivity contribution in [2.45, 2.75) is 50.9 Å². The van der Waals surface area contributed by atoms with Crippen LogP contribution in [0.4, 0.5) is 17.1 Å². The molecule has 6 rings (SSSR count). The number of rotatable bonds is 6. The maximum Gasteiger partial charge on any atom is 0.275 e. The van der Waals surface area contributed by atoms with Crippen molar-refractivity contribution in [2.24, 2.45) is 5.92 Å². The molecule has 2 unspecified atom stereocenters. The van der Waals surface area contributed by atoms with Crippen LogP contribution in [0.25, 0.3) is 5.57 Å². The van der Waals surface area contributed by atoms with Crippen molar-refractivity contribution >= 4 is 51.2 Å². The largest absolute Gasteiger partial charge is 0.399 e. The summed E-state index contributed by atoms with van der Waals surface area (Å²) in [5.74, 6) is -0.165. The lowest BCUT2D eigenvalue weighted by molar-refractivity contribution is -0.275. The van der Waals surface area contributed by atoms with Gasteiger partial charge in [-0.15, -0.1) is 22.7 Å². The number of nitrogens with zero attached hydrogens (tertiary/aromatic N) is 2. The molecular formula is C30H37N5O3S2. The second-order valence-corrected chi connectivity index (χ2v) is 12.8. The summed E-state index contributed by atoms with van der Waals surface area (Å²) in [6, 6.07) is 10.4. The first kappa shape index (κ1) is 27.4. The molecule has 8 nitrogen and oxygen atoms in total. The van der Waals surface area contributed by atoms with Gasteiger partial charge in [0, 0.05) is 54.5 Å². The number of amides is 1. The molecule has 3 aromatic rings. The topological polar surface area (TPSA) is 102 Å². The highest BCUT2D eigenvalue weighted by molar-refractivity contribution is 7.11. The number of hydrogen-bond donors (Lipinski definition) is 3. The molecule has 0 bridgehead atoms. The normalized spacial score (nSPS) is 23.0. The van der Waals surface area contributed by atoms with Crippen LogP contribution in [0.15, 0.2) is 47.2 Å². The van der Waals surface area contributed by atoms with Gasteiger partial charge in [-0.1, -0.05) is 12.1 Å². The maximum atomic E-state index is 13.3. The number of hydrogen-bond acceptors (Lipinski definition) is 9. The van der Waals surface area contributed by atoms with E-state index in [1.807, 2.05) is 34.9 Å². The number of allylic oxidation sites excluding steroid dienone is 1. The number of thiophene rings is 1. The van der Waals surface area contributed by atoms with Crippen LogP contribution in [0.3, 0.4) is 0 Å². The smallest absolute Gasteiger partial charge is 0.275 e. The predicted molar refractivity (Wildman–Crippen MR) is 163 cm³/mol. The summed E-state index contributed by atoms with van der Waals surface area (Å²) in [4.78, 5) is 21.8. The number of carbonyl (C=O) groups excluding carboxylic acids is 1. The van der Waals surface area contributed by atoms with Crippen LogP contribution in [0.2, 0.25) is 0 Å². The zero-order valence-corrected chi connectivity index (χ0v) is 24.5. The molecule has 4 N–H and O–H groups in total. The maximum absolute atomic E-state index is 13.3. The lowest BCUT2D eigenvalue weighted by Gasteiger charge is -2.44. The highest BCUT2D eigenvalue weighted by Gasteiger charge is 2.38. The summed E-state index contributed by atoms with van der Waals surface area (Å²) in [5.41, 5.74) is 9.95. The van der Waals surface area contributed by atoms with Crippen molar-refractivity contribution in [1.82, 2.24) is 10.3 Å². The van der Waals surface area contributed by atoms with Crippen molar-refractivity contribution in [3.63, 3.8) is 0 Å².